The molecule has 2 aliphatic rings. The van der Waals surface area contributed by atoms with E-state index in [1.54, 1.807) is 38.4 Å². The van der Waals surface area contributed by atoms with E-state index in [1.807, 2.05) is 0 Å². The third-order valence-electron chi connectivity index (χ3n) is 6.65. The van der Waals surface area contributed by atoms with Crippen molar-refractivity contribution < 1.29 is 14.3 Å². The van der Waals surface area contributed by atoms with Crippen molar-refractivity contribution in [2.24, 2.45) is 0 Å². The molecule has 3 aromatic heterocycles. The number of alkyl halides is 1. The molecule has 2 saturated carbocycles. The monoisotopic (exact) mass is 455 g/mol. The third kappa shape index (κ3) is 3.71. The molecular formula is C22H26FN7O3. The molecule has 3 heterocycles. The normalized spacial score (nSPS) is 26.4. The molecule has 2 atom stereocenters. The summed E-state index contributed by atoms with van der Waals surface area (Å²) >= 11 is 0. The van der Waals surface area contributed by atoms with Gasteiger partial charge in [0.15, 0.2) is 5.65 Å². The summed E-state index contributed by atoms with van der Waals surface area (Å²) < 4.78 is 16.3. The van der Waals surface area contributed by atoms with Gasteiger partial charge in [-0.15, -0.1) is 0 Å². The van der Waals surface area contributed by atoms with E-state index in [0.717, 1.165) is 0 Å². The molecule has 0 aliphatic heterocycles. The molecule has 1 amide bonds. The predicted molar refractivity (Wildman–Crippen MR) is 121 cm³/mol. The van der Waals surface area contributed by atoms with Crippen molar-refractivity contribution in [2.75, 3.05) is 17.7 Å². The zero-order valence-electron chi connectivity index (χ0n) is 18.4. The van der Waals surface area contributed by atoms with E-state index >= 15 is 0 Å². The molecule has 5 rings (SSSR count). The Labute approximate surface area is 188 Å². The minimum atomic E-state index is -0.926. The van der Waals surface area contributed by atoms with Gasteiger partial charge in [0.05, 0.1) is 17.8 Å². The minimum absolute atomic E-state index is 0.147. The van der Waals surface area contributed by atoms with Crippen LogP contribution in [-0.2, 0) is 0 Å². The molecule has 2 aliphatic carbocycles. The molecule has 2 fully saturated rings. The Bertz CT molecular complexity index is 1280. The van der Waals surface area contributed by atoms with Gasteiger partial charge in [-0.3, -0.25) is 9.59 Å². The molecule has 4 N–H and O–H groups in total. The number of hydrogen-bond acceptors (Lipinski definition) is 7. The number of amides is 1. The Balaban J connectivity index is 1.46. The van der Waals surface area contributed by atoms with Crippen molar-refractivity contribution in [3.63, 3.8) is 0 Å². The van der Waals surface area contributed by atoms with E-state index in [4.69, 9.17) is 0 Å². The molecular weight excluding hydrogens is 429 g/mol. The van der Waals surface area contributed by atoms with Crippen LogP contribution in [0.1, 0.15) is 49.0 Å². The van der Waals surface area contributed by atoms with Crippen LogP contribution in [0.15, 0.2) is 35.4 Å². The van der Waals surface area contributed by atoms with Crippen LogP contribution in [0, 0.1) is 0 Å². The number of carbonyl (C=O) groups is 1. The zero-order chi connectivity index (χ0) is 23.3. The van der Waals surface area contributed by atoms with E-state index in [-0.39, 0.29) is 29.1 Å². The van der Waals surface area contributed by atoms with Gasteiger partial charge in [-0.2, -0.15) is 9.61 Å². The molecule has 0 saturated heterocycles. The molecule has 0 aromatic carbocycles. The van der Waals surface area contributed by atoms with Crippen LogP contribution in [0.3, 0.4) is 0 Å². The first-order valence-electron chi connectivity index (χ1n) is 11.0. The number of aliphatic hydroxyl groups is 1. The quantitative estimate of drug-likeness (QED) is 0.448. The first-order valence-corrected chi connectivity index (χ1v) is 11.0. The predicted octanol–water partition coefficient (Wildman–Crippen LogP) is 1.99. The fraction of sp³-hybridized carbons (Fsp3) is 0.455. The van der Waals surface area contributed by atoms with E-state index < -0.39 is 11.8 Å². The van der Waals surface area contributed by atoms with Crippen LogP contribution in [0.5, 0.6) is 0 Å². The lowest BCUT2D eigenvalue weighted by atomic mass is 9.76. The zero-order valence-corrected chi connectivity index (χ0v) is 18.4. The highest BCUT2D eigenvalue weighted by Gasteiger charge is 2.42. The van der Waals surface area contributed by atoms with Gasteiger partial charge in [0.2, 0.25) is 0 Å². The maximum absolute atomic E-state index is 13.3. The van der Waals surface area contributed by atoms with Crippen molar-refractivity contribution in [3.8, 4) is 0 Å². The Hall–Kier alpha value is -3.47. The molecule has 10 nitrogen and oxygen atoms in total. The number of anilines is 3. The number of aromatic nitrogens is 4. The number of hydrogen-bond donors (Lipinski definition) is 4. The molecule has 3 aromatic rings. The summed E-state index contributed by atoms with van der Waals surface area (Å²) in [6.07, 6.45) is 4.22. The average Bonchev–Trinajstić information content (AvgIpc) is 3.19. The topological polar surface area (TPSA) is 126 Å². The van der Waals surface area contributed by atoms with Gasteiger partial charge in [0, 0.05) is 25.4 Å². The SMILES string of the molecule is CNc1cc(Nc2cccn(C3CC(F)C3)c2=O)nc2c(C(=O)N[C@@H]3CC[C@@]3(C)O)cnn12. The summed E-state index contributed by atoms with van der Waals surface area (Å²) in [5.74, 6) is 0.533. The molecule has 0 unspecified atom stereocenters. The van der Waals surface area contributed by atoms with Crippen molar-refractivity contribution >= 4 is 28.9 Å². The number of carbonyl (C=O) groups excluding carboxylic acids is 1. The maximum Gasteiger partial charge on any atom is 0.274 e. The average molecular weight is 455 g/mol. The lowest BCUT2D eigenvalue weighted by molar-refractivity contribution is -0.0486. The minimum Gasteiger partial charge on any atom is -0.388 e. The van der Waals surface area contributed by atoms with Gasteiger partial charge in [-0.25, -0.2) is 9.37 Å². The first kappa shape index (κ1) is 21.4. The van der Waals surface area contributed by atoms with Crippen LogP contribution in [0.2, 0.25) is 0 Å². The van der Waals surface area contributed by atoms with Gasteiger partial charge in [-0.1, -0.05) is 0 Å². The number of pyridine rings is 1. The largest absolute Gasteiger partial charge is 0.388 e. The summed E-state index contributed by atoms with van der Waals surface area (Å²) in [6.45, 7) is 1.70. The number of nitrogens with zero attached hydrogens (tertiary/aromatic N) is 4. The highest BCUT2D eigenvalue weighted by molar-refractivity contribution is 6.00. The lowest BCUT2D eigenvalue weighted by Crippen LogP contribution is -2.58. The molecule has 33 heavy (non-hydrogen) atoms. The van der Waals surface area contributed by atoms with E-state index in [2.05, 4.69) is 26.0 Å². The Morgan fingerprint density at radius 3 is 2.79 bits per heavy atom. The van der Waals surface area contributed by atoms with Crippen LogP contribution < -0.4 is 21.5 Å². The van der Waals surface area contributed by atoms with Crippen molar-refractivity contribution in [2.45, 2.75) is 56.5 Å². The first-order chi connectivity index (χ1) is 15.8. The summed E-state index contributed by atoms with van der Waals surface area (Å²) in [7, 11) is 1.71. The second kappa shape index (κ2) is 7.84. The highest BCUT2D eigenvalue weighted by atomic mass is 19.1. The van der Waals surface area contributed by atoms with E-state index in [9.17, 15) is 19.1 Å². The standard InChI is InChI=1S/C22H26FN7O3/c1-22(33)6-5-16(22)27-20(31)14-11-25-30-18(24-2)10-17(28-19(14)30)26-15-4-3-7-29(21(15)32)13-8-12(23)9-13/h3-4,7,10-13,16,24,33H,5-6,8-9H2,1-2H3,(H,26,28)(H,27,31)/t12?,13?,16-,22-/m1/s1. The molecule has 174 valence electrons. The van der Waals surface area contributed by atoms with Gasteiger partial charge < -0.3 is 25.6 Å². The number of fused-ring (bicyclic) bond motifs is 1. The molecule has 0 spiro atoms. The van der Waals surface area contributed by atoms with Crippen molar-refractivity contribution in [3.05, 3.63) is 46.5 Å². The molecule has 0 radical (unpaired) electrons. The maximum atomic E-state index is 13.3. The second-order valence-corrected chi connectivity index (χ2v) is 8.97. The summed E-state index contributed by atoms with van der Waals surface area (Å²) in [4.78, 5) is 30.3. The van der Waals surface area contributed by atoms with Crippen LogP contribution in [0.25, 0.3) is 5.65 Å². The van der Waals surface area contributed by atoms with Crippen LogP contribution >= 0.6 is 0 Å². The fourth-order valence-corrected chi connectivity index (χ4v) is 4.31. The number of nitrogens with one attached hydrogen (secondary N) is 3. The Morgan fingerprint density at radius 1 is 1.36 bits per heavy atom. The fourth-order valence-electron chi connectivity index (χ4n) is 4.31. The molecule has 11 heteroatoms. The van der Waals surface area contributed by atoms with Gasteiger partial charge >= 0.3 is 0 Å². The molecule has 0 bridgehead atoms. The smallest absolute Gasteiger partial charge is 0.274 e. The highest BCUT2D eigenvalue weighted by Crippen LogP contribution is 2.34. The van der Waals surface area contributed by atoms with Crippen LogP contribution in [-0.4, -0.2) is 55.0 Å². The van der Waals surface area contributed by atoms with E-state index in [1.165, 1.54) is 15.3 Å². The van der Waals surface area contributed by atoms with Gasteiger partial charge in [0.1, 0.15) is 29.1 Å². The van der Waals surface area contributed by atoms with Gasteiger partial charge in [0.25, 0.3) is 11.5 Å². The van der Waals surface area contributed by atoms with Gasteiger partial charge in [-0.05, 0) is 44.7 Å². The third-order valence-corrected chi connectivity index (χ3v) is 6.65. The van der Waals surface area contributed by atoms with Crippen molar-refractivity contribution in [1.29, 1.82) is 0 Å². The Kier molecular flexibility index (Phi) is 5.08. The van der Waals surface area contributed by atoms with Crippen molar-refractivity contribution in [1.82, 2.24) is 24.5 Å². The number of halogens is 1. The van der Waals surface area contributed by atoms with E-state index in [0.29, 0.717) is 48.7 Å². The van der Waals surface area contributed by atoms with Crippen LogP contribution in [0.4, 0.5) is 21.7 Å². The Morgan fingerprint density at radius 2 is 2.15 bits per heavy atom. The summed E-state index contributed by atoms with van der Waals surface area (Å²) in [5.41, 5.74) is -0.330. The summed E-state index contributed by atoms with van der Waals surface area (Å²) in [5, 5.41) is 23.4. The lowest BCUT2D eigenvalue weighted by Gasteiger charge is -2.42. The number of rotatable bonds is 6. The summed E-state index contributed by atoms with van der Waals surface area (Å²) in [6, 6.07) is 4.57. The second-order valence-electron chi connectivity index (χ2n) is 8.97.